The quantitative estimate of drug-likeness (QED) is 0.733. The maximum absolute atomic E-state index is 12.7. The number of pyridine rings is 1. The Kier molecular flexibility index (Phi) is 5.36. The van der Waals surface area contributed by atoms with Crippen LogP contribution in [0.1, 0.15) is 47.5 Å². The summed E-state index contributed by atoms with van der Waals surface area (Å²) in [6.45, 7) is 5.47. The lowest BCUT2D eigenvalue weighted by molar-refractivity contribution is -0.132. The van der Waals surface area contributed by atoms with E-state index < -0.39 is 0 Å². The summed E-state index contributed by atoms with van der Waals surface area (Å²) in [7, 11) is 1.76. The molecule has 28 heavy (non-hydrogen) atoms. The number of para-hydroxylation sites is 1. The molecule has 2 heterocycles. The van der Waals surface area contributed by atoms with Gasteiger partial charge in [-0.25, -0.2) is 0 Å². The Bertz CT molecular complexity index is 1100. The van der Waals surface area contributed by atoms with Crippen LogP contribution in [0, 0.1) is 25.2 Å². The van der Waals surface area contributed by atoms with Gasteiger partial charge in [0, 0.05) is 24.5 Å². The van der Waals surface area contributed by atoms with Crippen molar-refractivity contribution in [2.75, 3.05) is 7.05 Å². The first-order chi connectivity index (χ1) is 13.3. The molecule has 0 fully saturated rings. The number of amides is 1. The largest absolute Gasteiger partial charge is 0.459 e. The Balaban J connectivity index is 1.74. The van der Waals surface area contributed by atoms with Crippen LogP contribution in [0.3, 0.4) is 0 Å². The Labute approximate surface area is 163 Å². The number of carbonyl (C=O) groups excluding carboxylic acids is 1. The van der Waals surface area contributed by atoms with E-state index in [0.717, 1.165) is 22.3 Å². The number of fused-ring (bicyclic) bond motifs is 1. The molecular weight excluding hydrogens is 354 g/mol. The van der Waals surface area contributed by atoms with E-state index in [1.54, 1.807) is 25.8 Å². The third-order valence-corrected chi connectivity index (χ3v) is 5.34. The topological polar surface area (TPSA) is 90.1 Å². The number of aryl methyl sites for hydroxylation is 1. The van der Waals surface area contributed by atoms with Gasteiger partial charge in [0.15, 0.2) is 0 Å². The summed E-state index contributed by atoms with van der Waals surface area (Å²) in [5.41, 5.74) is 2.70. The van der Waals surface area contributed by atoms with E-state index in [0.29, 0.717) is 17.7 Å². The molecule has 0 radical (unpaired) electrons. The molecular formula is C22H23N3O3. The van der Waals surface area contributed by atoms with Crippen molar-refractivity contribution < 1.29 is 9.21 Å². The lowest BCUT2D eigenvalue weighted by Crippen LogP contribution is -2.30. The second-order valence-corrected chi connectivity index (χ2v) is 7.04. The fourth-order valence-corrected chi connectivity index (χ4v) is 3.44. The number of rotatable bonds is 5. The first-order valence-corrected chi connectivity index (χ1v) is 9.20. The minimum atomic E-state index is -0.386. The molecule has 0 saturated carbocycles. The fraction of sp³-hybridized carbons (Fsp3) is 0.318. The molecule has 0 saturated heterocycles. The summed E-state index contributed by atoms with van der Waals surface area (Å²) < 4.78 is 5.88. The van der Waals surface area contributed by atoms with Crippen LogP contribution in [0.25, 0.3) is 11.0 Å². The molecule has 3 aromatic rings. The maximum atomic E-state index is 12.7. The Hall–Kier alpha value is -3.33. The van der Waals surface area contributed by atoms with Crippen LogP contribution in [0.4, 0.5) is 0 Å². The number of nitriles is 1. The highest BCUT2D eigenvalue weighted by Crippen LogP contribution is 2.27. The van der Waals surface area contributed by atoms with Crippen molar-refractivity contribution in [3.63, 3.8) is 0 Å². The molecule has 3 rings (SSSR count). The van der Waals surface area contributed by atoms with E-state index in [1.165, 1.54) is 0 Å². The van der Waals surface area contributed by atoms with Crippen LogP contribution >= 0.6 is 0 Å². The molecule has 6 heteroatoms. The Morgan fingerprint density at radius 3 is 2.71 bits per heavy atom. The van der Waals surface area contributed by atoms with Gasteiger partial charge in [0.1, 0.15) is 23.0 Å². The summed E-state index contributed by atoms with van der Waals surface area (Å²) in [5, 5.41) is 10.2. The number of benzene rings is 1. The van der Waals surface area contributed by atoms with Crippen molar-refractivity contribution >= 4 is 16.9 Å². The lowest BCUT2D eigenvalue weighted by atomic mass is 9.98. The molecule has 0 aliphatic carbocycles. The van der Waals surface area contributed by atoms with Gasteiger partial charge in [-0.15, -0.1) is 0 Å². The zero-order chi connectivity index (χ0) is 20.4. The average molecular weight is 377 g/mol. The van der Waals surface area contributed by atoms with E-state index in [4.69, 9.17) is 4.42 Å². The van der Waals surface area contributed by atoms with Crippen molar-refractivity contribution in [2.24, 2.45) is 0 Å². The van der Waals surface area contributed by atoms with E-state index >= 15 is 0 Å². The second kappa shape index (κ2) is 7.73. The van der Waals surface area contributed by atoms with E-state index in [-0.39, 0.29) is 29.5 Å². The number of furan rings is 1. The van der Waals surface area contributed by atoms with Crippen molar-refractivity contribution in [1.29, 1.82) is 5.26 Å². The van der Waals surface area contributed by atoms with Crippen molar-refractivity contribution in [3.05, 3.63) is 68.8 Å². The monoisotopic (exact) mass is 377 g/mol. The minimum Gasteiger partial charge on any atom is -0.459 e. The van der Waals surface area contributed by atoms with Gasteiger partial charge in [-0.05, 0) is 50.5 Å². The molecule has 1 atom stereocenters. The van der Waals surface area contributed by atoms with Gasteiger partial charge >= 0.3 is 0 Å². The minimum absolute atomic E-state index is 0.0311. The second-order valence-electron chi connectivity index (χ2n) is 7.04. The van der Waals surface area contributed by atoms with Gasteiger partial charge in [-0.2, -0.15) is 5.26 Å². The van der Waals surface area contributed by atoms with Crippen molar-refractivity contribution in [3.8, 4) is 6.07 Å². The highest BCUT2D eigenvalue weighted by Gasteiger charge is 2.21. The normalized spacial score (nSPS) is 12.0. The molecule has 2 aromatic heterocycles. The van der Waals surface area contributed by atoms with Crippen molar-refractivity contribution in [1.82, 2.24) is 9.88 Å². The number of nitrogens with one attached hydrogen (secondary N) is 1. The Morgan fingerprint density at radius 2 is 2.04 bits per heavy atom. The van der Waals surface area contributed by atoms with Gasteiger partial charge in [0.25, 0.3) is 5.56 Å². The van der Waals surface area contributed by atoms with Gasteiger partial charge in [-0.3, -0.25) is 9.59 Å². The standard InChI is InChI=1S/C22H23N3O3/c1-13-17(14(2)24-22(27)18(13)12-23)9-10-21(26)25(4)15(3)20-11-16-7-5-6-8-19(16)28-20/h5-8,11,15H,9-10H2,1-4H3,(H,24,27). The predicted octanol–water partition coefficient (Wildman–Crippen LogP) is 3.76. The predicted molar refractivity (Wildman–Crippen MR) is 107 cm³/mol. The number of hydrogen-bond acceptors (Lipinski definition) is 4. The zero-order valence-electron chi connectivity index (χ0n) is 16.5. The molecule has 0 aliphatic rings. The zero-order valence-corrected chi connectivity index (χ0v) is 16.5. The Morgan fingerprint density at radius 1 is 1.32 bits per heavy atom. The van der Waals surface area contributed by atoms with E-state index in [9.17, 15) is 14.9 Å². The summed E-state index contributed by atoms with van der Waals surface area (Å²) in [6, 6.07) is 11.4. The molecule has 0 bridgehead atoms. The molecule has 1 N–H and O–H groups in total. The highest BCUT2D eigenvalue weighted by atomic mass is 16.3. The molecule has 6 nitrogen and oxygen atoms in total. The van der Waals surface area contributed by atoms with E-state index in [1.807, 2.05) is 43.3 Å². The van der Waals surface area contributed by atoms with E-state index in [2.05, 4.69) is 4.98 Å². The molecule has 0 aliphatic heterocycles. The number of hydrogen-bond donors (Lipinski definition) is 1. The number of aromatic amines is 1. The van der Waals surface area contributed by atoms with Gasteiger partial charge in [-0.1, -0.05) is 18.2 Å². The fourth-order valence-electron chi connectivity index (χ4n) is 3.44. The van der Waals surface area contributed by atoms with Gasteiger partial charge < -0.3 is 14.3 Å². The third kappa shape index (κ3) is 3.56. The van der Waals surface area contributed by atoms with Crippen LogP contribution in [0.2, 0.25) is 0 Å². The van der Waals surface area contributed by atoms with Crippen LogP contribution in [0.5, 0.6) is 0 Å². The number of carbonyl (C=O) groups is 1. The maximum Gasteiger partial charge on any atom is 0.266 e. The summed E-state index contributed by atoms with van der Waals surface area (Å²) >= 11 is 0. The first kappa shape index (κ1) is 19.4. The molecule has 1 amide bonds. The summed E-state index contributed by atoms with van der Waals surface area (Å²) in [5.74, 6) is 0.705. The van der Waals surface area contributed by atoms with Gasteiger partial charge in [0.2, 0.25) is 5.91 Å². The summed E-state index contributed by atoms with van der Waals surface area (Å²) in [4.78, 5) is 28.9. The first-order valence-electron chi connectivity index (χ1n) is 9.20. The van der Waals surface area contributed by atoms with Crippen molar-refractivity contribution in [2.45, 2.75) is 39.7 Å². The SMILES string of the molecule is Cc1[nH]c(=O)c(C#N)c(C)c1CCC(=O)N(C)C(C)c1cc2ccccc2o1. The molecule has 1 aromatic carbocycles. The number of aromatic nitrogens is 1. The average Bonchev–Trinajstić information content (AvgIpc) is 3.10. The van der Waals surface area contributed by atoms with Gasteiger partial charge in [0.05, 0.1) is 6.04 Å². The molecule has 0 spiro atoms. The molecule has 1 unspecified atom stereocenters. The van der Waals surface area contributed by atoms with Crippen LogP contribution in [-0.4, -0.2) is 22.8 Å². The lowest BCUT2D eigenvalue weighted by Gasteiger charge is -2.23. The third-order valence-electron chi connectivity index (χ3n) is 5.34. The highest BCUT2D eigenvalue weighted by molar-refractivity contribution is 5.79. The summed E-state index contributed by atoms with van der Waals surface area (Å²) in [6.07, 6.45) is 0.735. The molecule has 144 valence electrons. The van der Waals surface area contributed by atoms with Crippen LogP contribution < -0.4 is 5.56 Å². The smallest absolute Gasteiger partial charge is 0.266 e. The van der Waals surface area contributed by atoms with Crippen LogP contribution in [0.15, 0.2) is 39.5 Å². The number of nitrogens with zero attached hydrogens (tertiary/aromatic N) is 2. The van der Waals surface area contributed by atoms with Crippen LogP contribution in [-0.2, 0) is 11.2 Å². The number of H-pyrrole nitrogens is 1.